The Kier molecular flexibility index (Phi) is 5.19. The topological polar surface area (TPSA) is 52.1 Å². The molecule has 0 atom stereocenters. The van der Waals surface area contributed by atoms with Crippen LogP contribution in [0.4, 0.5) is 0 Å². The van der Waals surface area contributed by atoms with Gasteiger partial charge in [-0.25, -0.2) is 0 Å². The number of aryl methyl sites for hydroxylation is 1. The molecule has 2 aromatic carbocycles. The van der Waals surface area contributed by atoms with Crippen LogP contribution in [-0.4, -0.2) is 29.0 Å². The van der Waals surface area contributed by atoms with Gasteiger partial charge in [-0.15, -0.1) is 0 Å². The fraction of sp³-hybridized carbons (Fsp3) is 0.263. The Morgan fingerprint density at radius 3 is 2.56 bits per heavy atom. The van der Waals surface area contributed by atoms with Crippen LogP contribution in [0.3, 0.4) is 0 Å². The van der Waals surface area contributed by atoms with Gasteiger partial charge in [-0.3, -0.25) is 9.67 Å². The molecule has 0 saturated carbocycles. The highest BCUT2D eigenvalue weighted by atomic mass is 32.1. The van der Waals surface area contributed by atoms with Gasteiger partial charge in [0.1, 0.15) is 5.82 Å². The van der Waals surface area contributed by atoms with Crippen LogP contribution in [0.2, 0.25) is 0 Å². The minimum atomic E-state index is 0.594. The van der Waals surface area contributed by atoms with Crippen molar-refractivity contribution in [3.05, 3.63) is 64.2 Å². The van der Waals surface area contributed by atoms with E-state index in [1.165, 1.54) is 5.56 Å². The molecule has 0 aliphatic heterocycles. The quantitative estimate of drug-likeness (QED) is 0.677. The van der Waals surface area contributed by atoms with Crippen LogP contribution in [0, 0.1) is 4.77 Å². The fourth-order valence-corrected chi connectivity index (χ4v) is 3.15. The summed E-state index contributed by atoms with van der Waals surface area (Å²) in [6.07, 6.45) is 1.56. The normalized spacial score (nSPS) is 10.7. The van der Waals surface area contributed by atoms with Crippen molar-refractivity contribution < 1.29 is 9.47 Å². The van der Waals surface area contributed by atoms with E-state index in [4.69, 9.17) is 21.7 Å². The van der Waals surface area contributed by atoms with E-state index in [0.29, 0.717) is 22.7 Å². The van der Waals surface area contributed by atoms with Crippen molar-refractivity contribution in [1.82, 2.24) is 14.8 Å². The number of aromatic amines is 1. The first-order valence-electron chi connectivity index (χ1n) is 8.13. The molecule has 1 heterocycles. The molecule has 0 unspecified atom stereocenters. The Bertz CT molecular complexity index is 930. The molecule has 0 aliphatic carbocycles. The zero-order valence-electron chi connectivity index (χ0n) is 14.6. The van der Waals surface area contributed by atoms with Crippen molar-refractivity contribution >= 4 is 12.2 Å². The molecule has 0 radical (unpaired) electrons. The average Bonchev–Trinajstić information content (AvgIpc) is 3.01. The molecule has 130 valence electrons. The predicted octanol–water partition coefficient (Wildman–Crippen LogP) is 4.10. The fourth-order valence-electron chi connectivity index (χ4n) is 2.90. The summed E-state index contributed by atoms with van der Waals surface area (Å²) >= 11 is 5.47. The lowest BCUT2D eigenvalue weighted by molar-refractivity contribution is 0.354. The second-order valence-electron chi connectivity index (χ2n) is 5.63. The van der Waals surface area contributed by atoms with Crippen molar-refractivity contribution in [3.8, 4) is 17.2 Å². The molecule has 3 rings (SSSR count). The van der Waals surface area contributed by atoms with E-state index in [1.54, 1.807) is 14.2 Å². The summed E-state index contributed by atoms with van der Waals surface area (Å²) in [6, 6.07) is 14.1. The number of ether oxygens (including phenoxy) is 2. The van der Waals surface area contributed by atoms with Crippen LogP contribution >= 0.6 is 12.2 Å². The highest BCUT2D eigenvalue weighted by Gasteiger charge is 2.13. The molecular weight excluding hydrogens is 334 g/mol. The first kappa shape index (κ1) is 17.2. The Morgan fingerprint density at radius 1 is 1.08 bits per heavy atom. The van der Waals surface area contributed by atoms with Gasteiger partial charge < -0.3 is 9.47 Å². The Hall–Kier alpha value is -2.60. The van der Waals surface area contributed by atoms with E-state index in [-0.39, 0.29) is 0 Å². The van der Waals surface area contributed by atoms with E-state index < -0.39 is 0 Å². The number of hydrogen-bond acceptors (Lipinski definition) is 4. The van der Waals surface area contributed by atoms with E-state index in [2.05, 4.69) is 29.3 Å². The standard InChI is InChI=1S/C19H21N3O2S/c1-4-14-7-5-6-8-15(14)22-18(20-21-19(22)25)12-13-9-10-16(23-2)17(11-13)24-3/h5-11H,4,12H2,1-3H3,(H,21,25). The van der Waals surface area contributed by atoms with Gasteiger partial charge in [0, 0.05) is 6.42 Å². The van der Waals surface area contributed by atoms with Crippen molar-refractivity contribution in [2.75, 3.05) is 14.2 Å². The minimum Gasteiger partial charge on any atom is -0.493 e. The second-order valence-corrected chi connectivity index (χ2v) is 6.02. The maximum absolute atomic E-state index is 5.47. The average molecular weight is 355 g/mol. The number of benzene rings is 2. The predicted molar refractivity (Wildman–Crippen MR) is 100 cm³/mol. The molecule has 3 aromatic rings. The van der Waals surface area contributed by atoms with Gasteiger partial charge in [0.05, 0.1) is 19.9 Å². The molecule has 1 aromatic heterocycles. The summed E-state index contributed by atoms with van der Waals surface area (Å²) in [4.78, 5) is 0. The molecule has 0 bridgehead atoms. The Morgan fingerprint density at radius 2 is 1.84 bits per heavy atom. The van der Waals surface area contributed by atoms with E-state index >= 15 is 0 Å². The molecule has 0 saturated heterocycles. The summed E-state index contributed by atoms with van der Waals surface area (Å²) in [5, 5.41) is 7.35. The van der Waals surface area contributed by atoms with Crippen LogP contribution in [0.5, 0.6) is 11.5 Å². The van der Waals surface area contributed by atoms with Gasteiger partial charge in [0.15, 0.2) is 16.3 Å². The van der Waals surface area contributed by atoms with Crippen LogP contribution in [0.15, 0.2) is 42.5 Å². The third kappa shape index (κ3) is 3.44. The molecule has 5 nitrogen and oxygen atoms in total. The van der Waals surface area contributed by atoms with Crippen LogP contribution in [0.25, 0.3) is 5.69 Å². The van der Waals surface area contributed by atoms with Crippen molar-refractivity contribution in [2.24, 2.45) is 0 Å². The van der Waals surface area contributed by atoms with Crippen LogP contribution in [-0.2, 0) is 12.8 Å². The van der Waals surface area contributed by atoms with Gasteiger partial charge >= 0.3 is 0 Å². The third-order valence-corrected chi connectivity index (χ3v) is 4.44. The number of nitrogens with one attached hydrogen (secondary N) is 1. The lowest BCUT2D eigenvalue weighted by atomic mass is 10.1. The summed E-state index contributed by atoms with van der Waals surface area (Å²) in [5.41, 5.74) is 3.37. The van der Waals surface area contributed by atoms with Crippen LogP contribution < -0.4 is 9.47 Å². The number of methoxy groups -OCH3 is 2. The summed E-state index contributed by atoms with van der Waals surface area (Å²) < 4.78 is 13.3. The highest BCUT2D eigenvalue weighted by Crippen LogP contribution is 2.28. The zero-order chi connectivity index (χ0) is 17.8. The van der Waals surface area contributed by atoms with Gasteiger partial charge in [0.25, 0.3) is 0 Å². The minimum absolute atomic E-state index is 0.594. The monoisotopic (exact) mass is 355 g/mol. The number of hydrogen-bond donors (Lipinski definition) is 1. The third-order valence-electron chi connectivity index (χ3n) is 4.17. The maximum atomic E-state index is 5.47. The lowest BCUT2D eigenvalue weighted by Crippen LogP contribution is -2.05. The maximum Gasteiger partial charge on any atom is 0.199 e. The van der Waals surface area contributed by atoms with E-state index in [0.717, 1.165) is 23.5 Å². The molecule has 0 aliphatic rings. The van der Waals surface area contributed by atoms with Gasteiger partial charge in [-0.2, -0.15) is 5.10 Å². The largest absolute Gasteiger partial charge is 0.493 e. The van der Waals surface area contributed by atoms with E-state index in [1.807, 2.05) is 34.9 Å². The molecule has 6 heteroatoms. The molecule has 25 heavy (non-hydrogen) atoms. The lowest BCUT2D eigenvalue weighted by Gasteiger charge is -2.12. The summed E-state index contributed by atoms with van der Waals surface area (Å²) in [6.45, 7) is 2.14. The van der Waals surface area contributed by atoms with E-state index in [9.17, 15) is 0 Å². The van der Waals surface area contributed by atoms with Crippen molar-refractivity contribution in [1.29, 1.82) is 0 Å². The number of aromatic nitrogens is 3. The Labute approximate surface area is 152 Å². The number of para-hydroxylation sites is 1. The molecule has 0 amide bonds. The zero-order valence-corrected chi connectivity index (χ0v) is 15.4. The van der Waals surface area contributed by atoms with Gasteiger partial charge in [-0.1, -0.05) is 31.2 Å². The Balaban J connectivity index is 2.02. The molecule has 0 spiro atoms. The van der Waals surface area contributed by atoms with Crippen molar-refractivity contribution in [3.63, 3.8) is 0 Å². The number of nitrogens with zero attached hydrogens (tertiary/aromatic N) is 2. The number of H-pyrrole nitrogens is 1. The highest BCUT2D eigenvalue weighted by molar-refractivity contribution is 7.71. The van der Waals surface area contributed by atoms with Crippen LogP contribution in [0.1, 0.15) is 23.9 Å². The molecule has 1 N–H and O–H groups in total. The smallest absolute Gasteiger partial charge is 0.199 e. The number of rotatable bonds is 6. The van der Waals surface area contributed by atoms with Gasteiger partial charge in [-0.05, 0) is 48.0 Å². The second kappa shape index (κ2) is 7.53. The first-order valence-corrected chi connectivity index (χ1v) is 8.54. The summed E-state index contributed by atoms with van der Waals surface area (Å²) in [5.74, 6) is 2.27. The molecular formula is C19H21N3O2S. The summed E-state index contributed by atoms with van der Waals surface area (Å²) in [7, 11) is 3.26. The molecule has 0 fully saturated rings. The SMILES string of the molecule is CCc1ccccc1-n1c(Cc2ccc(OC)c(OC)c2)n[nH]c1=S. The van der Waals surface area contributed by atoms with Gasteiger partial charge in [0.2, 0.25) is 0 Å². The first-order chi connectivity index (χ1) is 12.2. The van der Waals surface area contributed by atoms with Crippen molar-refractivity contribution in [2.45, 2.75) is 19.8 Å².